The van der Waals surface area contributed by atoms with Crippen LogP contribution in [0.1, 0.15) is 13.3 Å². The van der Waals surface area contributed by atoms with Gasteiger partial charge in [-0.1, -0.05) is 0 Å². The van der Waals surface area contributed by atoms with Crippen LogP contribution < -0.4 is 0 Å². The van der Waals surface area contributed by atoms with E-state index >= 15 is 0 Å². The summed E-state index contributed by atoms with van der Waals surface area (Å²) in [7, 11) is 0. The molecule has 0 aromatic carbocycles. The minimum absolute atomic E-state index is 0. The van der Waals surface area contributed by atoms with Gasteiger partial charge in [0.1, 0.15) is 0 Å². The van der Waals surface area contributed by atoms with Crippen LogP contribution in [0.4, 0.5) is 0 Å². The molecular weight excluding hydrogens is 155 g/mol. The van der Waals surface area contributed by atoms with E-state index in [1.54, 1.807) is 6.92 Å². The van der Waals surface area contributed by atoms with Crippen molar-refractivity contribution in [2.75, 3.05) is 6.61 Å². The monoisotopic (exact) mass is 168 g/mol. The number of rotatable bonds is 2. The Balaban J connectivity index is -0.0000000208. The Morgan fingerprint density at radius 3 is 1.50 bits per heavy atom. The van der Waals surface area contributed by atoms with Gasteiger partial charge in [0.2, 0.25) is 0 Å². The fraction of sp³-hybridized carbons (Fsp3) is 1.00. The molecule has 0 saturated heterocycles. The van der Waals surface area contributed by atoms with E-state index in [0.717, 1.165) is 0 Å². The molecule has 0 amide bonds. The van der Waals surface area contributed by atoms with Gasteiger partial charge in [-0.2, -0.15) is 0 Å². The normalized spacial score (nSPS) is 8.70. The van der Waals surface area contributed by atoms with Crippen molar-refractivity contribution in [1.82, 2.24) is 0 Å². The first-order valence-electron chi connectivity index (χ1n) is 2.06. The second-order valence-corrected chi connectivity index (χ2v) is 1.36. The number of aliphatic hydroxyl groups is 2. The van der Waals surface area contributed by atoms with Gasteiger partial charge in [0.05, 0.1) is 6.10 Å². The molecule has 5 N–H and O–H groups in total. The molecule has 1 atom stereocenters. The third kappa shape index (κ3) is 40.3. The van der Waals surface area contributed by atoms with Gasteiger partial charge in [-0.3, -0.25) is 0 Å². The van der Waals surface area contributed by atoms with Crippen LogP contribution in [0.2, 0.25) is 0 Å². The SMILES string of the molecule is CC(O)CCO.[Al+3].[OH-].[OH-].[OH-]. The Labute approximate surface area is 70.7 Å². The Kier molecular flexibility index (Phi) is 72.1. The molecule has 5 nitrogen and oxygen atoms in total. The summed E-state index contributed by atoms with van der Waals surface area (Å²) in [6.07, 6.45) is 0.134. The van der Waals surface area contributed by atoms with Gasteiger partial charge >= 0.3 is 17.4 Å². The smallest absolute Gasteiger partial charge is 0.870 e. The van der Waals surface area contributed by atoms with E-state index in [9.17, 15) is 0 Å². The van der Waals surface area contributed by atoms with E-state index in [0.29, 0.717) is 6.42 Å². The first-order valence-corrected chi connectivity index (χ1v) is 2.06. The van der Waals surface area contributed by atoms with Crippen molar-refractivity contribution in [2.24, 2.45) is 0 Å². The fourth-order valence-electron chi connectivity index (χ4n) is 0.187. The molecule has 0 spiro atoms. The molecule has 0 aromatic rings. The third-order valence-electron chi connectivity index (χ3n) is 0.547. The molecule has 0 bridgehead atoms. The summed E-state index contributed by atoms with van der Waals surface area (Å²) in [5.41, 5.74) is 0. The largest absolute Gasteiger partial charge is 3.00 e. The molecular formula is C4H13AlO5. The quantitative estimate of drug-likeness (QED) is 0.502. The number of hydrogen-bond acceptors (Lipinski definition) is 5. The fourth-order valence-corrected chi connectivity index (χ4v) is 0.187. The van der Waals surface area contributed by atoms with Crippen molar-refractivity contribution < 1.29 is 26.6 Å². The van der Waals surface area contributed by atoms with Crippen LogP contribution >= 0.6 is 0 Å². The summed E-state index contributed by atoms with van der Waals surface area (Å²) in [4.78, 5) is 0. The van der Waals surface area contributed by atoms with Crippen LogP contribution in [-0.4, -0.2) is 56.7 Å². The standard InChI is InChI=1S/C4H10O2.Al.3H2O/c1-4(6)2-3-5;;;;/h4-6H,2-3H2,1H3;;3*1H2/q;+3;;;/p-3. The Morgan fingerprint density at radius 1 is 1.20 bits per heavy atom. The van der Waals surface area contributed by atoms with E-state index < -0.39 is 0 Å². The van der Waals surface area contributed by atoms with E-state index in [-0.39, 0.29) is 46.5 Å². The van der Waals surface area contributed by atoms with Crippen LogP contribution in [0.15, 0.2) is 0 Å². The Morgan fingerprint density at radius 2 is 1.50 bits per heavy atom. The summed E-state index contributed by atoms with van der Waals surface area (Å²) in [5.74, 6) is 0. The zero-order chi connectivity index (χ0) is 4.99. The van der Waals surface area contributed by atoms with Crippen LogP contribution in [0.5, 0.6) is 0 Å². The van der Waals surface area contributed by atoms with Crippen molar-refractivity contribution in [2.45, 2.75) is 19.4 Å². The van der Waals surface area contributed by atoms with E-state index in [1.807, 2.05) is 0 Å². The molecule has 62 valence electrons. The second kappa shape index (κ2) is 22.8. The van der Waals surface area contributed by atoms with Gasteiger partial charge < -0.3 is 26.6 Å². The average Bonchev–Trinajstić information content (AvgIpc) is 1.35. The average molecular weight is 168 g/mol. The Bertz CT molecular complexity index is 34.8. The summed E-state index contributed by atoms with van der Waals surface area (Å²) in [6.45, 7) is 1.73. The molecule has 10 heavy (non-hydrogen) atoms. The molecule has 0 rings (SSSR count). The maximum absolute atomic E-state index is 8.39. The van der Waals surface area contributed by atoms with Crippen LogP contribution in [0.25, 0.3) is 0 Å². The van der Waals surface area contributed by atoms with Gasteiger partial charge in [0, 0.05) is 6.61 Å². The maximum Gasteiger partial charge on any atom is 3.00 e. The summed E-state index contributed by atoms with van der Waals surface area (Å²) < 4.78 is 0. The van der Waals surface area contributed by atoms with Crippen LogP contribution in [0.3, 0.4) is 0 Å². The minimum atomic E-state index is -0.352. The van der Waals surface area contributed by atoms with Crippen molar-refractivity contribution in [1.29, 1.82) is 0 Å². The minimum Gasteiger partial charge on any atom is -0.870 e. The zero-order valence-corrected chi connectivity index (χ0v) is 6.96. The van der Waals surface area contributed by atoms with Crippen molar-refractivity contribution in [3.8, 4) is 0 Å². The molecule has 6 heteroatoms. The Hall–Kier alpha value is 0.332. The van der Waals surface area contributed by atoms with Crippen molar-refractivity contribution in [3.63, 3.8) is 0 Å². The van der Waals surface area contributed by atoms with Gasteiger partial charge in [-0.25, -0.2) is 0 Å². The molecule has 0 aliphatic carbocycles. The summed E-state index contributed by atoms with van der Waals surface area (Å²) in [5, 5.41) is 16.5. The molecule has 1 unspecified atom stereocenters. The molecule has 0 aliphatic rings. The van der Waals surface area contributed by atoms with Gasteiger partial charge in [-0.15, -0.1) is 0 Å². The molecule has 0 saturated carbocycles. The van der Waals surface area contributed by atoms with Crippen LogP contribution in [-0.2, 0) is 0 Å². The van der Waals surface area contributed by atoms with Gasteiger partial charge in [0.25, 0.3) is 0 Å². The van der Waals surface area contributed by atoms with E-state index in [4.69, 9.17) is 10.2 Å². The van der Waals surface area contributed by atoms with Crippen molar-refractivity contribution >= 4 is 17.4 Å². The molecule has 0 fully saturated rings. The topological polar surface area (TPSA) is 130 Å². The van der Waals surface area contributed by atoms with Gasteiger partial charge in [-0.05, 0) is 13.3 Å². The third-order valence-corrected chi connectivity index (χ3v) is 0.547. The predicted molar refractivity (Wildman–Crippen MR) is 34.9 cm³/mol. The predicted octanol–water partition coefficient (Wildman–Crippen LogP) is -1.16. The summed E-state index contributed by atoms with van der Waals surface area (Å²) in [6, 6.07) is 0. The van der Waals surface area contributed by atoms with E-state index in [1.165, 1.54) is 0 Å². The van der Waals surface area contributed by atoms with E-state index in [2.05, 4.69) is 0 Å². The number of aliphatic hydroxyl groups excluding tert-OH is 2. The maximum atomic E-state index is 8.39. The summed E-state index contributed by atoms with van der Waals surface area (Å²) >= 11 is 0. The van der Waals surface area contributed by atoms with Crippen molar-refractivity contribution in [3.05, 3.63) is 0 Å². The zero-order valence-electron chi connectivity index (χ0n) is 5.80. The van der Waals surface area contributed by atoms with Crippen LogP contribution in [0, 0.1) is 0 Å². The molecule has 0 radical (unpaired) electrons. The molecule has 0 aromatic heterocycles. The first kappa shape index (κ1) is 31.6. The number of hydrogen-bond donors (Lipinski definition) is 2. The molecule has 0 heterocycles. The van der Waals surface area contributed by atoms with Gasteiger partial charge in [0.15, 0.2) is 0 Å². The first-order chi connectivity index (χ1) is 2.77. The molecule has 0 aliphatic heterocycles. The second-order valence-electron chi connectivity index (χ2n) is 1.36.